The first-order valence-electron chi connectivity index (χ1n) is 4.85. The molecule has 0 aliphatic heterocycles. The minimum atomic E-state index is -0.346. The molecule has 0 saturated heterocycles. The molecular formula is C12H9BrO2S2. The lowest BCUT2D eigenvalue weighted by molar-refractivity contribution is 0.0475. The number of thiophene rings is 1. The van der Waals surface area contributed by atoms with Gasteiger partial charge in [0.15, 0.2) is 0 Å². The van der Waals surface area contributed by atoms with E-state index in [1.807, 2.05) is 23.6 Å². The first-order chi connectivity index (χ1) is 8.16. The van der Waals surface area contributed by atoms with Crippen LogP contribution >= 0.6 is 39.9 Å². The third-order valence-corrected chi connectivity index (χ3v) is 3.92. The van der Waals surface area contributed by atoms with Crippen LogP contribution in [0.2, 0.25) is 0 Å². The van der Waals surface area contributed by atoms with E-state index in [0.29, 0.717) is 16.6 Å². The normalized spacial score (nSPS) is 10.2. The maximum atomic E-state index is 11.8. The Balaban J connectivity index is 2.07. The van der Waals surface area contributed by atoms with Crippen LogP contribution < -0.4 is 0 Å². The fourth-order valence-electron chi connectivity index (χ4n) is 1.28. The van der Waals surface area contributed by atoms with Crippen LogP contribution in [-0.2, 0) is 11.3 Å². The number of hydrogen-bond donors (Lipinski definition) is 1. The van der Waals surface area contributed by atoms with Crippen LogP contribution in [0.15, 0.2) is 45.1 Å². The number of thiol groups is 1. The van der Waals surface area contributed by atoms with Gasteiger partial charge in [-0.2, -0.15) is 0 Å². The summed E-state index contributed by atoms with van der Waals surface area (Å²) in [5.41, 5.74) is 0.494. The summed E-state index contributed by atoms with van der Waals surface area (Å²) in [6.07, 6.45) is 0. The van der Waals surface area contributed by atoms with Crippen molar-refractivity contribution in [2.24, 2.45) is 0 Å². The number of carbonyl (C=O) groups is 1. The molecule has 0 saturated carbocycles. The summed E-state index contributed by atoms with van der Waals surface area (Å²) in [5.74, 6) is -0.346. The van der Waals surface area contributed by atoms with Crippen molar-refractivity contribution in [3.63, 3.8) is 0 Å². The molecule has 17 heavy (non-hydrogen) atoms. The van der Waals surface area contributed by atoms with Crippen LogP contribution in [0.4, 0.5) is 0 Å². The molecule has 2 aromatic rings. The SMILES string of the molecule is O=C(OCc1cccs1)c1cc(S)ccc1Br. The van der Waals surface area contributed by atoms with Crippen LogP contribution in [0, 0.1) is 0 Å². The second-order valence-corrected chi connectivity index (χ2v) is 5.72. The first-order valence-corrected chi connectivity index (χ1v) is 6.97. The molecule has 1 aromatic carbocycles. The lowest BCUT2D eigenvalue weighted by Gasteiger charge is -2.05. The van der Waals surface area contributed by atoms with Crippen molar-refractivity contribution < 1.29 is 9.53 Å². The third-order valence-electron chi connectivity index (χ3n) is 2.10. The van der Waals surface area contributed by atoms with Crippen molar-refractivity contribution in [1.82, 2.24) is 0 Å². The number of benzene rings is 1. The highest BCUT2D eigenvalue weighted by atomic mass is 79.9. The number of carbonyl (C=O) groups excluding carboxylic acids is 1. The van der Waals surface area contributed by atoms with E-state index in [-0.39, 0.29) is 5.97 Å². The van der Waals surface area contributed by atoms with E-state index in [9.17, 15) is 4.79 Å². The summed E-state index contributed by atoms with van der Waals surface area (Å²) in [7, 11) is 0. The number of ether oxygens (including phenoxy) is 1. The fourth-order valence-corrected chi connectivity index (χ4v) is 2.51. The molecule has 0 amide bonds. The minimum absolute atomic E-state index is 0.305. The summed E-state index contributed by atoms with van der Waals surface area (Å²) in [4.78, 5) is 13.6. The Labute approximate surface area is 117 Å². The fraction of sp³-hybridized carbons (Fsp3) is 0.0833. The Morgan fingerprint density at radius 3 is 2.94 bits per heavy atom. The van der Waals surface area contributed by atoms with Gasteiger partial charge in [0.25, 0.3) is 0 Å². The van der Waals surface area contributed by atoms with E-state index in [1.54, 1.807) is 23.5 Å². The van der Waals surface area contributed by atoms with Crippen LogP contribution in [0.5, 0.6) is 0 Å². The molecule has 1 aromatic heterocycles. The minimum Gasteiger partial charge on any atom is -0.456 e. The molecule has 0 unspecified atom stereocenters. The molecule has 0 spiro atoms. The third kappa shape index (κ3) is 3.34. The lowest BCUT2D eigenvalue weighted by Crippen LogP contribution is -2.05. The molecule has 1 heterocycles. The monoisotopic (exact) mass is 328 g/mol. The largest absolute Gasteiger partial charge is 0.456 e. The molecule has 0 fully saturated rings. The average molecular weight is 329 g/mol. The van der Waals surface area contributed by atoms with E-state index in [1.165, 1.54) is 0 Å². The lowest BCUT2D eigenvalue weighted by atomic mass is 10.2. The molecule has 2 rings (SSSR count). The second kappa shape index (κ2) is 5.71. The standard InChI is InChI=1S/C12H9BrO2S2/c13-11-4-3-8(16)6-10(11)12(14)15-7-9-2-1-5-17-9/h1-6,16H,7H2. The molecule has 0 radical (unpaired) electrons. The van der Waals surface area contributed by atoms with E-state index in [0.717, 1.165) is 9.77 Å². The van der Waals surface area contributed by atoms with Crippen molar-refractivity contribution in [2.75, 3.05) is 0 Å². The van der Waals surface area contributed by atoms with Gasteiger partial charge in [-0.15, -0.1) is 24.0 Å². The summed E-state index contributed by atoms with van der Waals surface area (Å²) >= 11 is 9.08. The highest BCUT2D eigenvalue weighted by Crippen LogP contribution is 2.21. The van der Waals surface area contributed by atoms with Crippen molar-refractivity contribution >= 4 is 45.9 Å². The van der Waals surface area contributed by atoms with Gasteiger partial charge < -0.3 is 4.74 Å². The van der Waals surface area contributed by atoms with Crippen LogP contribution in [-0.4, -0.2) is 5.97 Å². The molecule has 0 aliphatic carbocycles. The Kier molecular flexibility index (Phi) is 4.25. The van der Waals surface area contributed by atoms with Crippen molar-refractivity contribution in [3.8, 4) is 0 Å². The number of esters is 1. The van der Waals surface area contributed by atoms with Gasteiger partial charge in [0.2, 0.25) is 0 Å². The summed E-state index contributed by atoms with van der Waals surface area (Å²) < 4.78 is 5.93. The van der Waals surface area contributed by atoms with Crippen molar-refractivity contribution in [2.45, 2.75) is 11.5 Å². The second-order valence-electron chi connectivity index (χ2n) is 3.32. The van der Waals surface area contributed by atoms with E-state index < -0.39 is 0 Å². The maximum Gasteiger partial charge on any atom is 0.339 e. The predicted molar refractivity (Wildman–Crippen MR) is 74.8 cm³/mol. The molecule has 2 nitrogen and oxygen atoms in total. The Morgan fingerprint density at radius 1 is 1.41 bits per heavy atom. The predicted octanol–water partition coefficient (Wildman–Crippen LogP) is 4.16. The molecule has 5 heteroatoms. The number of rotatable bonds is 3. The summed E-state index contributed by atoms with van der Waals surface area (Å²) in [6, 6.07) is 9.14. The van der Waals surface area contributed by atoms with Gasteiger partial charge in [0, 0.05) is 14.2 Å². The molecule has 0 bridgehead atoms. The Bertz CT molecular complexity index is 523. The molecule has 88 valence electrons. The Hall–Kier alpha value is -0.780. The van der Waals surface area contributed by atoms with Crippen LogP contribution in [0.1, 0.15) is 15.2 Å². The number of halogens is 1. The van der Waals surface area contributed by atoms with Crippen molar-refractivity contribution in [3.05, 3.63) is 50.6 Å². The van der Waals surface area contributed by atoms with Gasteiger partial charge in [-0.05, 0) is 45.6 Å². The molecule has 0 atom stereocenters. The molecule has 0 aliphatic rings. The highest BCUT2D eigenvalue weighted by molar-refractivity contribution is 9.10. The molecular weight excluding hydrogens is 320 g/mol. The van der Waals surface area contributed by atoms with Crippen LogP contribution in [0.3, 0.4) is 0 Å². The first kappa shape index (κ1) is 12.7. The van der Waals surface area contributed by atoms with E-state index in [4.69, 9.17) is 4.74 Å². The van der Waals surface area contributed by atoms with E-state index in [2.05, 4.69) is 28.6 Å². The zero-order valence-corrected chi connectivity index (χ0v) is 12.0. The van der Waals surface area contributed by atoms with E-state index >= 15 is 0 Å². The van der Waals surface area contributed by atoms with Gasteiger partial charge in [0.05, 0.1) is 5.56 Å². The van der Waals surface area contributed by atoms with Gasteiger partial charge in [0.1, 0.15) is 6.61 Å². The van der Waals surface area contributed by atoms with Gasteiger partial charge in [-0.3, -0.25) is 0 Å². The highest BCUT2D eigenvalue weighted by Gasteiger charge is 2.12. The smallest absolute Gasteiger partial charge is 0.339 e. The maximum absolute atomic E-state index is 11.8. The number of hydrogen-bond acceptors (Lipinski definition) is 4. The topological polar surface area (TPSA) is 26.3 Å². The summed E-state index contributed by atoms with van der Waals surface area (Å²) in [6.45, 7) is 0.305. The van der Waals surface area contributed by atoms with Crippen molar-refractivity contribution in [1.29, 1.82) is 0 Å². The van der Waals surface area contributed by atoms with Crippen LogP contribution in [0.25, 0.3) is 0 Å². The quantitative estimate of drug-likeness (QED) is 0.676. The van der Waals surface area contributed by atoms with Gasteiger partial charge in [-0.25, -0.2) is 4.79 Å². The zero-order chi connectivity index (χ0) is 12.3. The summed E-state index contributed by atoms with van der Waals surface area (Å²) in [5, 5.41) is 1.95. The molecule has 0 N–H and O–H groups in total. The van der Waals surface area contributed by atoms with Gasteiger partial charge >= 0.3 is 5.97 Å². The zero-order valence-electron chi connectivity index (χ0n) is 8.72. The van der Waals surface area contributed by atoms with Gasteiger partial charge in [-0.1, -0.05) is 6.07 Å². The Morgan fingerprint density at radius 2 is 2.24 bits per heavy atom. The average Bonchev–Trinajstić information content (AvgIpc) is 2.82.